The van der Waals surface area contributed by atoms with Gasteiger partial charge < -0.3 is 10.1 Å². The van der Waals surface area contributed by atoms with Crippen LogP contribution in [0.4, 0.5) is 0 Å². The minimum Gasteiger partial charge on any atom is -0.454 e. The van der Waals surface area contributed by atoms with Crippen LogP contribution in [0, 0.1) is 5.92 Å². The molecule has 27 heavy (non-hydrogen) atoms. The molecule has 1 saturated carbocycles. The summed E-state index contributed by atoms with van der Waals surface area (Å²) in [6, 6.07) is 6.49. The predicted molar refractivity (Wildman–Crippen MR) is 98.7 cm³/mol. The number of rotatable bonds is 5. The van der Waals surface area contributed by atoms with Crippen molar-refractivity contribution < 1.29 is 22.7 Å². The predicted octanol–water partition coefficient (Wildman–Crippen LogP) is 0.963. The zero-order chi connectivity index (χ0) is 19.4. The number of nitrogens with one attached hydrogen (secondary N) is 2. The minimum absolute atomic E-state index is 0.100. The van der Waals surface area contributed by atoms with Gasteiger partial charge in [0.2, 0.25) is 0 Å². The van der Waals surface area contributed by atoms with Crippen LogP contribution in [0.15, 0.2) is 34.2 Å². The molecule has 0 radical (unpaired) electrons. The molecular formula is C18H23N3O5S. The van der Waals surface area contributed by atoms with E-state index in [2.05, 4.69) is 22.0 Å². The number of fused-ring (bicyclic) bond motifs is 1. The summed E-state index contributed by atoms with van der Waals surface area (Å²) in [5, 5.41) is 2.90. The van der Waals surface area contributed by atoms with Crippen LogP contribution in [0.2, 0.25) is 0 Å². The summed E-state index contributed by atoms with van der Waals surface area (Å²) in [4.78, 5) is 27.9. The van der Waals surface area contributed by atoms with Gasteiger partial charge in [0.25, 0.3) is 15.9 Å². The van der Waals surface area contributed by atoms with Crippen molar-refractivity contribution in [1.29, 1.82) is 0 Å². The van der Waals surface area contributed by atoms with Crippen LogP contribution in [0.25, 0.3) is 0 Å². The van der Waals surface area contributed by atoms with Crippen LogP contribution in [-0.2, 0) is 24.3 Å². The van der Waals surface area contributed by atoms with Gasteiger partial charge in [-0.05, 0) is 30.9 Å². The third-order valence-corrected chi connectivity index (χ3v) is 6.25. The van der Waals surface area contributed by atoms with Crippen molar-refractivity contribution in [1.82, 2.24) is 10.0 Å². The van der Waals surface area contributed by atoms with Gasteiger partial charge in [-0.2, -0.15) is 0 Å². The van der Waals surface area contributed by atoms with Crippen molar-refractivity contribution in [3.05, 3.63) is 29.8 Å². The number of amides is 1. The van der Waals surface area contributed by atoms with E-state index in [0.717, 1.165) is 19.3 Å². The zero-order valence-corrected chi connectivity index (χ0v) is 15.9. The number of esters is 1. The smallest absolute Gasteiger partial charge is 0.328 e. The Morgan fingerprint density at radius 1 is 1.26 bits per heavy atom. The molecule has 1 heterocycles. The van der Waals surface area contributed by atoms with Gasteiger partial charge >= 0.3 is 5.97 Å². The Labute approximate surface area is 158 Å². The van der Waals surface area contributed by atoms with Gasteiger partial charge in [-0.3, -0.25) is 19.3 Å². The first-order chi connectivity index (χ1) is 12.9. The lowest BCUT2D eigenvalue weighted by Crippen LogP contribution is -2.43. The molecule has 0 spiro atoms. The first-order valence-corrected chi connectivity index (χ1v) is 10.5. The van der Waals surface area contributed by atoms with Crippen molar-refractivity contribution in [3.63, 3.8) is 0 Å². The summed E-state index contributed by atoms with van der Waals surface area (Å²) in [7, 11) is -3.65. The molecule has 2 atom stereocenters. The Morgan fingerprint density at radius 3 is 2.78 bits per heavy atom. The molecule has 1 fully saturated rings. The number of hydrogen-bond acceptors (Lipinski definition) is 6. The van der Waals surface area contributed by atoms with Gasteiger partial charge in [-0.1, -0.05) is 31.9 Å². The fourth-order valence-corrected chi connectivity index (χ4v) is 4.62. The summed E-state index contributed by atoms with van der Waals surface area (Å²) >= 11 is 0. The van der Waals surface area contributed by atoms with E-state index in [9.17, 15) is 18.0 Å². The summed E-state index contributed by atoms with van der Waals surface area (Å²) in [5.74, 6) is -0.511. The number of ether oxygens (including phenoxy) is 1. The molecule has 2 N–H and O–H groups in total. The Hall–Kier alpha value is -2.42. The minimum atomic E-state index is -3.65. The number of sulfonamides is 1. The molecule has 0 unspecified atom stereocenters. The van der Waals surface area contributed by atoms with E-state index in [0.29, 0.717) is 11.5 Å². The zero-order valence-electron chi connectivity index (χ0n) is 15.1. The van der Waals surface area contributed by atoms with E-state index in [1.54, 1.807) is 18.2 Å². The fraction of sp³-hybridized carbons (Fsp3) is 0.500. The molecule has 8 nitrogen and oxygen atoms in total. The maximum Gasteiger partial charge on any atom is 0.328 e. The van der Waals surface area contributed by atoms with Crippen LogP contribution in [0.3, 0.4) is 0 Å². The van der Waals surface area contributed by atoms with Crippen molar-refractivity contribution in [2.45, 2.75) is 43.5 Å². The van der Waals surface area contributed by atoms with E-state index in [-0.39, 0.29) is 35.8 Å². The number of nitrogens with zero attached hydrogens (tertiary/aromatic N) is 1. The molecule has 1 amide bonds. The van der Waals surface area contributed by atoms with Crippen molar-refractivity contribution >= 4 is 27.7 Å². The summed E-state index contributed by atoms with van der Waals surface area (Å²) < 4.78 is 31.2. The Bertz CT molecular complexity index is 866. The highest BCUT2D eigenvalue weighted by Crippen LogP contribution is 2.24. The van der Waals surface area contributed by atoms with Crippen molar-refractivity contribution in [2.24, 2.45) is 10.9 Å². The number of hydrogen-bond donors (Lipinski definition) is 2. The van der Waals surface area contributed by atoms with Gasteiger partial charge in [0.15, 0.2) is 6.61 Å². The van der Waals surface area contributed by atoms with Crippen LogP contribution < -0.4 is 10.0 Å². The van der Waals surface area contributed by atoms with E-state index < -0.39 is 16.0 Å². The van der Waals surface area contributed by atoms with Gasteiger partial charge in [0, 0.05) is 11.6 Å². The second-order valence-corrected chi connectivity index (χ2v) is 8.51. The highest BCUT2D eigenvalue weighted by Gasteiger charge is 2.30. The highest BCUT2D eigenvalue weighted by atomic mass is 32.2. The maximum absolute atomic E-state index is 12.0. The van der Waals surface area contributed by atoms with E-state index in [4.69, 9.17) is 4.74 Å². The topological polar surface area (TPSA) is 114 Å². The molecule has 9 heteroatoms. The van der Waals surface area contributed by atoms with Crippen molar-refractivity contribution in [2.75, 3.05) is 13.2 Å². The number of amidine groups is 1. The van der Waals surface area contributed by atoms with E-state index in [1.807, 2.05) is 0 Å². The Morgan fingerprint density at radius 2 is 2.00 bits per heavy atom. The molecule has 3 rings (SSSR count). The molecule has 1 aromatic rings. The van der Waals surface area contributed by atoms with Crippen molar-refractivity contribution in [3.8, 4) is 0 Å². The molecule has 1 aromatic carbocycles. The summed E-state index contributed by atoms with van der Waals surface area (Å²) in [5.41, 5.74) is 0.411. The molecule has 1 aliphatic heterocycles. The maximum atomic E-state index is 12.0. The SMILES string of the molecule is C[C@@H]1CCCC[C@@H]1NC(=O)COC(=O)CN=C1NS(=O)(=O)c2ccccc21. The second kappa shape index (κ2) is 8.08. The summed E-state index contributed by atoms with van der Waals surface area (Å²) in [6.07, 6.45) is 4.29. The second-order valence-electron chi connectivity index (χ2n) is 6.86. The van der Waals surface area contributed by atoms with Crippen LogP contribution in [0.1, 0.15) is 38.2 Å². The molecule has 146 valence electrons. The molecule has 0 saturated heterocycles. The number of carbonyl (C=O) groups is 2. The van der Waals surface area contributed by atoms with Gasteiger partial charge in [-0.15, -0.1) is 0 Å². The third-order valence-electron chi connectivity index (χ3n) is 4.85. The fourth-order valence-electron chi connectivity index (χ4n) is 3.37. The highest BCUT2D eigenvalue weighted by molar-refractivity contribution is 7.90. The largest absolute Gasteiger partial charge is 0.454 e. The van der Waals surface area contributed by atoms with Crippen LogP contribution >= 0.6 is 0 Å². The van der Waals surface area contributed by atoms with E-state index in [1.165, 1.54) is 12.5 Å². The number of benzene rings is 1. The number of carbonyl (C=O) groups excluding carboxylic acids is 2. The molecular weight excluding hydrogens is 370 g/mol. The third kappa shape index (κ3) is 4.65. The Balaban J connectivity index is 1.50. The quantitative estimate of drug-likeness (QED) is 0.724. The molecule has 1 aliphatic carbocycles. The first kappa shape index (κ1) is 19.3. The lowest BCUT2D eigenvalue weighted by atomic mass is 9.86. The van der Waals surface area contributed by atoms with Crippen LogP contribution in [-0.4, -0.2) is 45.3 Å². The van der Waals surface area contributed by atoms with E-state index >= 15 is 0 Å². The number of aliphatic imine (C=N–C) groups is 1. The van der Waals surface area contributed by atoms with Gasteiger partial charge in [-0.25, -0.2) is 8.42 Å². The lowest BCUT2D eigenvalue weighted by Gasteiger charge is -2.29. The first-order valence-electron chi connectivity index (χ1n) is 8.98. The molecule has 2 aliphatic rings. The average Bonchev–Trinajstić information content (AvgIpc) is 2.91. The summed E-state index contributed by atoms with van der Waals surface area (Å²) in [6.45, 7) is 1.36. The van der Waals surface area contributed by atoms with Crippen LogP contribution in [0.5, 0.6) is 0 Å². The average molecular weight is 393 g/mol. The molecule has 0 bridgehead atoms. The lowest BCUT2D eigenvalue weighted by molar-refractivity contribution is -0.147. The standard InChI is InChI=1S/C18H23N3O5S/c1-12-6-2-4-8-14(12)20-16(22)11-26-17(23)10-19-18-13-7-3-5-9-15(13)27(24,25)21-18/h3,5,7,9,12,14H,2,4,6,8,10-11H2,1H3,(H,19,21)(H,20,22)/t12-,14+/m1/s1. The Kier molecular flexibility index (Phi) is 5.79. The van der Waals surface area contributed by atoms with Gasteiger partial charge in [0.1, 0.15) is 12.4 Å². The van der Waals surface area contributed by atoms with Gasteiger partial charge in [0.05, 0.1) is 4.90 Å². The normalized spacial score (nSPS) is 24.7. The molecule has 0 aromatic heterocycles. The monoisotopic (exact) mass is 393 g/mol.